The largest absolute Gasteiger partial charge is 0.391 e. The Labute approximate surface area is 148 Å². The molecule has 1 unspecified atom stereocenters. The van der Waals surface area contributed by atoms with E-state index in [1.807, 2.05) is 10.7 Å². The summed E-state index contributed by atoms with van der Waals surface area (Å²) >= 11 is 0. The second kappa shape index (κ2) is 6.75. The lowest BCUT2D eigenvalue weighted by Gasteiger charge is -2.21. The molecule has 0 radical (unpaired) electrons. The second-order valence-corrected chi connectivity index (χ2v) is 7.76. The van der Waals surface area contributed by atoms with Crippen molar-refractivity contribution in [1.29, 1.82) is 0 Å². The lowest BCUT2D eigenvalue weighted by Crippen LogP contribution is -2.35. The number of aliphatic hydroxyl groups is 1. The quantitative estimate of drug-likeness (QED) is 0.874. The third-order valence-corrected chi connectivity index (χ3v) is 4.87. The van der Waals surface area contributed by atoms with Crippen molar-refractivity contribution in [2.45, 2.75) is 58.6 Å². The van der Waals surface area contributed by atoms with Crippen molar-refractivity contribution in [3.05, 3.63) is 23.5 Å². The zero-order valence-corrected chi connectivity index (χ0v) is 15.7. The van der Waals surface area contributed by atoms with Gasteiger partial charge in [0.2, 0.25) is 0 Å². The molecule has 1 fully saturated rings. The van der Waals surface area contributed by atoms with E-state index in [0.29, 0.717) is 18.0 Å². The van der Waals surface area contributed by atoms with Crippen LogP contribution in [0.3, 0.4) is 0 Å². The van der Waals surface area contributed by atoms with Crippen LogP contribution >= 0.6 is 0 Å². The molecule has 2 heterocycles. The van der Waals surface area contributed by atoms with Crippen molar-refractivity contribution < 1.29 is 9.90 Å². The summed E-state index contributed by atoms with van der Waals surface area (Å²) in [7, 11) is 1.75. The van der Waals surface area contributed by atoms with E-state index in [-0.39, 0.29) is 17.9 Å². The van der Waals surface area contributed by atoms with Crippen molar-refractivity contribution in [3.8, 4) is 0 Å². The number of likely N-dealkylation sites (N-methyl/N-ethyl adjacent to an activating group) is 1. The highest BCUT2D eigenvalue weighted by Crippen LogP contribution is 2.33. The van der Waals surface area contributed by atoms with Gasteiger partial charge in [-0.1, -0.05) is 13.8 Å². The predicted octanol–water partition coefficient (Wildman–Crippen LogP) is 2.98. The molecule has 0 spiro atoms. The Bertz CT molecular complexity index is 777. The topological polar surface area (TPSA) is 71.2 Å². The lowest BCUT2D eigenvalue weighted by atomic mass is 10.0. The summed E-state index contributed by atoms with van der Waals surface area (Å²) in [6.45, 7) is 8.60. The Morgan fingerprint density at radius 3 is 2.60 bits per heavy atom. The molecule has 136 valence electrons. The van der Waals surface area contributed by atoms with Crippen molar-refractivity contribution in [1.82, 2.24) is 19.7 Å². The van der Waals surface area contributed by atoms with Gasteiger partial charge in [0.15, 0.2) is 5.65 Å². The van der Waals surface area contributed by atoms with E-state index >= 15 is 0 Å². The maximum Gasteiger partial charge on any atom is 0.254 e. The molecule has 1 amide bonds. The molecule has 1 N–H and O–H groups in total. The summed E-state index contributed by atoms with van der Waals surface area (Å²) in [5.74, 6) is 0.480. The number of nitrogens with zero attached hydrogens (tertiary/aromatic N) is 4. The number of amides is 1. The van der Waals surface area contributed by atoms with E-state index in [0.717, 1.165) is 29.6 Å². The molecule has 2 aromatic rings. The molecule has 1 saturated carbocycles. The van der Waals surface area contributed by atoms with E-state index in [2.05, 4.69) is 32.8 Å². The molecule has 2 aromatic heterocycles. The highest BCUT2D eigenvalue weighted by atomic mass is 16.3. The third-order valence-electron chi connectivity index (χ3n) is 4.87. The summed E-state index contributed by atoms with van der Waals surface area (Å²) in [4.78, 5) is 19.4. The van der Waals surface area contributed by atoms with Gasteiger partial charge in [0.05, 0.1) is 23.3 Å². The molecule has 0 saturated heterocycles. The van der Waals surface area contributed by atoms with Gasteiger partial charge in [-0.3, -0.25) is 4.79 Å². The summed E-state index contributed by atoms with van der Waals surface area (Å²) in [5.41, 5.74) is 2.25. The van der Waals surface area contributed by atoms with E-state index in [9.17, 15) is 9.90 Å². The van der Waals surface area contributed by atoms with Crippen LogP contribution in [0.1, 0.15) is 68.5 Å². The Kier molecular flexibility index (Phi) is 4.82. The standard InChI is InChI=1S/C19H28N4O2/c1-11(2)16-8-14(15-9-20-23(12(3)4)18(15)21-16)19(25)22(5)10-17(24)13-6-7-13/h8-9,11-13,17,24H,6-7,10H2,1-5H3. The molecule has 25 heavy (non-hydrogen) atoms. The second-order valence-electron chi connectivity index (χ2n) is 7.76. The normalized spacial score (nSPS) is 16.0. The molecular weight excluding hydrogens is 316 g/mol. The number of hydrogen-bond acceptors (Lipinski definition) is 4. The molecule has 1 aliphatic rings. The van der Waals surface area contributed by atoms with Crippen LogP contribution < -0.4 is 0 Å². The van der Waals surface area contributed by atoms with Crippen molar-refractivity contribution in [2.24, 2.45) is 5.92 Å². The lowest BCUT2D eigenvalue weighted by molar-refractivity contribution is 0.0647. The molecule has 1 atom stereocenters. The van der Waals surface area contributed by atoms with Crippen LogP contribution in [-0.4, -0.2) is 50.4 Å². The number of aliphatic hydroxyl groups excluding tert-OH is 1. The van der Waals surface area contributed by atoms with Gasteiger partial charge in [0.25, 0.3) is 5.91 Å². The molecule has 3 rings (SSSR count). The SMILES string of the molecule is CC(C)c1cc(C(=O)N(C)CC(O)C2CC2)c2cnn(C(C)C)c2n1. The molecule has 6 heteroatoms. The van der Waals surface area contributed by atoms with E-state index in [4.69, 9.17) is 4.98 Å². The van der Waals surface area contributed by atoms with Gasteiger partial charge < -0.3 is 10.0 Å². The summed E-state index contributed by atoms with van der Waals surface area (Å²) in [6, 6.07) is 2.05. The van der Waals surface area contributed by atoms with Crippen LogP contribution in [0.5, 0.6) is 0 Å². The van der Waals surface area contributed by atoms with Gasteiger partial charge in [0, 0.05) is 25.3 Å². The molecule has 6 nitrogen and oxygen atoms in total. The minimum absolute atomic E-state index is 0.0858. The Balaban J connectivity index is 1.99. The Morgan fingerprint density at radius 2 is 2.04 bits per heavy atom. The first-order valence-electron chi connectivity index (χ1n) is 9.11. The van der Waals surface area contributed by atoms with Crippen LogP contribution in [0.25, 0.3) is 11.0 Å². The van der Waals surface area contributed by atoms with Crippen LogP contribution in [0.2, 0.25) is 0 Å². The number of rotatable bonds is 6. The minimum Gasteiger partial charge on any atom is -0.391 e. The minimum atomic E-state index is -0.436. The number of pyridine rings is 1. The maximum atomic E-state index is 13.0. The molecule has 0 aliphatic heterocycles. The monoisotopic (exact) mass is 344 g/mol. The first-order valence-corrected chi connectivity index (χ1v) is 9.11. The highest BCUT2D eigenvalue weighted by molar-refractivity contribution is 6.05. The smallest absolute Gasteiger partial charge is 0.254 e. The Hall–Kier alpha value is -1.95. The van der Waals surface area contributed by atoms with E-state index in [1.54, 1.807) is 18.1 Å². The summed E-state index contributed by atoms with van der Waals surface area (Å²) in [6.07, 6.45) is 3.40. The molecule has 0 aromatic carbocycles. The number of aromatic nitrogens is 3. The average Bonchev–Trinajstić information content (AvgIpc) is 3.32. The molecular formula is C19H28N4O2. The zero-order chi connectivity index (χ0) is 18.3. The van der Waals surface area contributed by atoms with Crippen molar-refractivity contribution >= 4 is 16.9 Å². The van der Waals surface area contributed by atoms with Gasteiger partial charge in [-0.2, -0.15) is 5.10 Å². The van der Waals surface area contributed by atoms with Crippen LogP contribution in [0.4, 0.5) is 0 Å². The molecule has 1 aliphatic carbocycles. The van der Waals surface area contributed by atoms with Gasteiger partial charge in [-0.25, -0.2) is 9.67 Å². The van der Waals surface area contributed by atoms with Crippen LogP contribution in [0.15, 0.2) is 12.3 Å². The van der Waals surface area contributed by atoms with Gasteiger partial charge in [-0.15, -0.1) is 0 Å². The van der Waals surface area contributed by atoms with Crippen molar-refractivity contribution in [3.63, 3.8) is 0 Å². The Morgan fingerprint density at radius 1 is 1.36 bits per heavy atom. The first kappa shape index (κ1) is 17.9. The van der Waals surface area contributed by atoms with Crippen LogP contribution in [0, 0.1) is 5.92 Å². The fraction of sp³-hybridized carbons (Fsp3) is 0.632. The first-order chi connectivity index (χ1) is 11.8. The fourth-order valence-corrected chi connectivity index (χ4v) is 3.09. The van der Waals surface area contributed by atoms with E-state index < -0.39 is 6.10 Å². The zero-order valence-electron chi connectivity index (χ0n) is 15.7. The third kappa shape index (κ3) is 3.54. The fourth-order valence-electron chi connectivity index (χ4n) is 3.09. The van der Waals surface area contributed by atoms with Gasteiger partial charge in [-0.05, 0) is 44.6 Å². The van der Waals surface area contributed by atoms with Gasteiger partial charge in [0.1, 0.15) is 0 Å². The number of fused-ring (bicyclic) bond motifs is 1. The summed E-state index contributed by atoms with van der Waals surface area (Å²) in [5, 5.41) is 15.4. The maximum absolute atomic E-state index is 13.0. The average molecular weight is 344 g/mol. The summed E-state index contributed by atoms with van der Waals surface area (Å²) < 4.78 is 1.86. The van der Waals surface area contributed by atoms with E-state index in [1.165, 1.54) is 0 Å². The number of hydrogen-bond donors (Lipinski definition) is 1. The van der Waals surface area contributed by atoms with Crippen molar-refractivity contribution in [2.75, 3.05) is 13.6 Å². The van der Waals surface area contributed by atoms with Gasteiger partial charge >= 0.3 is 0 Å². The van der Waals surface area contributed by atoms with Crippen LogP contribution in [-0.2, 0) is 0 Å². The number of carbonyl (C=O) groups is 1. The number of carbonyl (C=O) groups excluding carboxylic acids is 1. The molecule has 0 bridgehead atoms. The highest BCUT2D eigenvalue weighted by Gasteiger charge is 2.31. The predicted molar refractivity (Wildman–Crippen MR) is 97.7 cm³/mol.